The van der Waals surface area contributed by atoms with Crippen molar-refractivity contribution in [3.63, 3.8) is 0 Å². The first-order valence-corrected chi connectivity index (χ1v) is 4.55. The molecule has 0 fully saturated rings. The summed E-state index contributed by atoms with van der Waals surface area (Å²) >= 11 is 0. The number of para-hydroxylation sites is 1. The van der Waals surface area contributed by atoms with Crippen molar-refractivity contribution in [2.24, 2.45) is 11.7 Å². The van der Waals surface area contributed by atoms with Crippen molar-refractivity contribution in [3.05, 3.63) is 29.8 Å². The van der Waals surface area contributed by atoms with Crippen molar-refractivity contribution in [3.8, 4) is 5.75 Å². The maximum Gasteiger partial charge on any atom is 0.123 e. The molecule has 0 radical (unpaired) electrons. The van der Waals surface area contributed by atoms with Crippen LogP contribution in [0.15, 0.2) is 24.3 Å². The van der Waals surface area contributed by atoms with Gasteiger partial charge in [0.25, 0.3) is 0 Å². The Morgan fingerprint density at radius 3 is 2.38 bits per heavy atom. The number of hydrogen-bond acceptors (Lipinski definition) is 2. The van der Waals surface area contributed by atoms with Crippen LogP contribution in [0.25, 0.3) is 0 Å². The monoisotopic (exact) mass is 179 g/mol. The molecule has 0 saturated carbocycles. The quantitative estimate of drug-likeness (QED) is 0.773. The third kappa shape index (κ3) is 2.22. The van der Waals surface area contributed by atoms with E-state index in [1.54, 1.807) is 7.11 Å². The SMILES string of the molecule is COc1ccccc1[C@H](N)C(C)C. The topological polar surface area (TPSA) is 35.2 Å². The van der Waals surface area contributed by atoms with Gasteiger partial charge in [-0.25, -0.2) is 0 Å². The Labute approximate surface area is 79.7 Å². The smallest absolute Gasteiger partial charge is 0.123 e. The molecule has 2 N–H and O–H groups in total. The average Bonchev–Trinajstić information content (AvgIpc) is 2.16. The van der Waals surface area contributed by atoms with E-state index in [2.05, 4.69) is 13.8 Å². The number of methoxy groups -OCH3 is 1. The Kier molecular flexibility index (Phi) is 3.32. The summed E-state index contributed by atoms with van der Waals surface area (Å²) < 4.78 is 5.24. The second kappa shape index (κ2) is 4.28. The van der Waals surface area contributed by atoms with Crippen LogP contribution in [0, 0.1) is 5.92 Å². The van der Waals surface area contributed by atoms with E-state index in [1.807, 2.05) is 24.3 Å². The van der Waals surface area contributed by atoms with E-state index >= 15 is 0 Å². The molecule has 2 heteroatoms. The minimum atomic E-state index is 0.0520. The molecule has 1 aromatic rings. The normalized spacial score (nSPS) is 13.0. The van der Waals surface area contributed by atoms with Crippen LogP contribution in [-0.2, 0) is 0 Å². The number of rotatable bonds is 3. The van der Waals surface area contributed by atoms with Crippen molar-refractivity contribution in [1.82, 2.24) is 0 Å². The van der Waals surface area contributed by atoms with Gasteiger partial charge < -0.3 is 10.5 Å². The summed E-state index contributed by atoms with van der Waals surface area (Å²) in [5, 5.41) is 0. The van der Waals surface area contributed by atoms with Crippen LogP contribution in [0.3, 0.4) is 0 Å². The van der Waals surface area contributed by atoms with Crippen molar-refractivity contribution >= 4 is 0 Å². The Hall–Kier alpha value is -1.02. The first-order chi connectivity index (χ1) is 6.16. The molecule has 13 heavy (non-hydrogen) atoms. The third-order valence-corrected chi connectivity index (χ3v) is 2.22. The highest BCUT2D eigenvalue weighted by molar-refractivity contribution is 5.35. The fourth-order valence-corrected chi connectivity index (χ4v) is 1.30. The first kappa shape index (κ1) is 10.1. The summed E-state index contributed by atoms with van der Waals surface area (Å²) in [6, 6.07) is 7.95. The van der Waals surface area contributed by atoms with Gasteiger partial charge in [-0.05, 0) is 12.0 Å². The maximum absolute atomic E-state index is 6.03. The molecule has 1 atom stereocenters. The van der Waals surface area contributed by atoms with E-state index in [1.165, 1.54) is 0 Å². The maximum atomic E-state index is 6.03. The number of nitrogens with two attached hydrogens (primary N) is 1. The Bertz CT molecular complexity index is 271. The van der Waals surface area contributed by atoms with Crippen LogP contribution in [0.1, 0.15) is 25.5 Å². The zero-order chi connectivity index (χ0) is 9.84. The second-order valence-corrected chi connectivity index (χ2v) is 3.51. The lowest BCUT2D eigenvalue weighted by Gasteiger charge is -2.18. The highest BCUT2D eigenvalue weighted by atomic mass is 16.5. The van der Waals surface area contributed by atoms with Gasteiger partial charge in [-0.1, -0.05) is 32.0 Å². The fraction of sp³-hybridized carbons (Fsp3) is 0.455. The van der Waals surface area contributed by atoms with Crippen LogP contribution in [0.2, 0.25) is 0 Å². The molecule has 1 rings (SSSR count). The number of ether oxygens (including phenoxy) is 1. The summed E-state index contributed by atoms with van der Waals surface area (Å²) in [6.45, 7) is 4.22. The van der Waals surface area contributed by atoms with Gasteiger partial charge in [-0.3, -0.25) is 0 Å². The predicted octanol–water partition coefficient (Wildman–Crippen LogP) is 2.35. The third-order valence-electron chi connectivity index (χ3n) is 2.22. The van der Waals surface area contributed by atoms with Crippen molar-refractivity contribution in [1.29, 1.82) is 0 Å². The lowest BCUT2D eigenvalue weighted by molar-refractivity contribution is 0.396. The van der Waals surface area contributed by atoms with Crippen LogP contribution in [-0.4, -0.2) is 7.11 Å². The van der Waals surface area contributed by atoms with Gasteiger partial charge in [0.1, 0.15) is 5.75 Å². The largest absolute Gasteiger partial charge is 0.496 e. The highest BCUT2D eigenvalue weighted by Crippen LogP contribution is 2.27. The van der Waals surface area contributed by atoms with Gasteiger partial charge >= 0.3 is 0 Å². The molecule has 0 spiro atoms. The average molecular weight is 179 g/mol. The Morgan fingerprint density at radius 1 is 1.23 bits per heavy atom. The molecular formula is C11H17NO. The van der Waals surface area contributed by atoms with E-state index < -0.39 is 0 Å². The minimum Gasteiger partial charge on any atom is -0.496 e. The van der Waals surface area contributed by atoms with Gasteiger partial charge in [0.2, 0.25) is 0 Å². The zero-order valence-corrected chi connectivity index (χ0v) is 8.45. The Morgan fingerprint density at radius 2 is 1.85 bits per heavy atom. The van der Waals surface area contributed by atoms with E-state index in [9.17, 15) is 0 Å². The molecule has 0 aliphatic carbocycles. The molecule has 0 saturated heterocycles. The molecule has 72 valence electrons. The van der Waals surface area contributed by atoms with Gasteiger partial charge in [-0.15, -0.1) is 0 Å². The molecule has 2 nitrogen and oxygen atoms in total. The summed E-state index contributed by atoms with van der Waals surface area (Å²) in [5.74, 6) is 1.31. The summed E-state index contributed by atoms with van der Waals surface area (Å²) in [5.41, 5.74) is 7.12. The molecule has 1 aromatic carbocycles. The Balaban J connectivity index is 2.98. The second-order valence-electron chi connectivity index (χ2n) is 3.51. The van der Waals surface area contributed by atoms with Crippen LogP contribution in [0.5, 0.6) is 5.75 Å². The first-order valence-electron chi connectivity index (χ1n) is 4.55. The molecule has 0 aromatic heterocycles. The minimum absolute atomic E-state index is 0.0520. The molecule has 0 aliphatic heterocycles. The van der Waals surface area contributed by atoms with Gasteiger partial charge in [0.05, 0.1) is 7.11 Å². The van der Waals surface area contributed by atoms with Crippen LogP contribution < -0.4 is 10.5 Å². The molecule has 0 unspecified atom stereocenters. The molecule has 0 aliphatic rings. The highest BCUT2D eigenvalue weighted by Gasteiger charge is 2.13. The summed E-state index contributed by atoms with van der Waals surface area (Å²) in [6.07, 6.45) is 0. The van der Waals surface area contributed by atoms with E-state index in [4.69, 9.17) is 10.5 Å². The predicted molar refractivity (Wildman–Crippen MR) is 54.8 cm³/mol. The van der Waals surface area contributed by atoms with Gasteiger partial charge in [-0.2, -0.15) is 0 Å². The molecule has 0 heterocycles. The molecule has 0 bridgehead atoms. The molecular weight excluding hydrogens is 162 g/mol. The number of benzene rings is 1. The van der Waals surface area contributed by atoms with Crippen molar-refractivity contribution in [2.45, 2.75) is 19.9 Å². The van der Waals surface area contributed by atoms with Crippen molar-refractivity contribution in [2.75, 3.05) is 7.11 Å². The summed E-state index contributed by atoms with van der Waals surface area (Å²) in [7, 11) is 1.67. The van der Waals surface area contributed by atoms with Crippen LogP contribution in [0.4, 0.5) is 0 Å². The fourth-order valence-electron chi connectivity index (χ4n) is 1.30. The van der Waals surface area contributed by atoms with Gasteiger partial charge in [0, 0.05) is 11.6 Å². The lowest BCUT2D eigenvalue weighted by Crippen LogP contribution is -2.17. The zero-order valence-electron chi connectivity index (χ0n) is 8.45. The standard InChI is InChI=1S/C11H17NO/c1-8(2)11(12)9-6-4-5-7-10(9)13-3/h4-8,11H,12H2,1-3H3/t11-/m1/s1. The van der Waals surface area contributed by atoms with Crippen LogP contribution >= 0.6 is 0 Å². The van der Waals surface area contributed by atoms with E-state index in [-0.39, 0.29) is 6.04 Å². The van der Waals surface area contributed by atoms with E-state index in [0.29, 0.717) is 5.92 Å². The number of hydrogen-bond donors (Lipinski definition) is 1. The van der Waals surface area contributed by atoms with Gasteiger partial charge in [0.15, 0.2) is 0 Å². The van der Waals surface area contributed by atoms with Crippen molar-refractivity contribution < 1.29 is 4.74 Å². The lowest BCUT2D eigenvalue weighted by atomic mass is 9.96. The molecule has 0 amide bonds. The summed E-state index contributed by atoms with van der Waals surface area (Å²) in [4.78, 5) is 0. The van der Waals surface area contributed by atoms with E-state index in [0.717, 1.165) is 11.3 Å².